The maximum Gasteiger partial charge on any atom is 0.223 e. The molecule has 0 aliphatic carbocycles. The summed E-state index contributed by atoms with van der Waals surface area (Å²) in [7, 11) is 0. The van der Waals surface area contributed by atoms with Gasteiger partial charge in [0.1, 0.15) is 5.82 Å². The van der Waals surface area contributed by atoms with Gasteiger partial charge in [-0.15, -0.1) is 0 Å². The van der Waals surface area contributed by atoms with E-state index >= 15 is 0 Å². The fraction of sp³-hybridized carbons (Fsp3) is 0.611. The Morgan fingerprint density at radius 3 is 2.65 bits per heavy atom. The normalized spacial score (nSPS) is 25.7. The lowest BCUT2D eigenvalue weighted by molar-refractivity contribution is -0.132. The number of benzene rings is 1. The van der Waals surface area contributed by atoms with Gasteiger partial charge in [0.25, 0.3) is 0 Å². The number of rotatable bonds is 4. The molecule has 2 atom stereocenters. The zero-order valence-corrected chi connectivity index (χ0v) is 13.8. The smallest absolute Gasteiger partial charge is 0.223 e. The van der Waals surface area contributed by atoms with Crippen molar-refractivity contribution in [3.8, 4) is 0 Å². The lowest BCUT2D eigenvalue weighted by Crippen LogP contribution is -2.47. The van der Waals surface area contributed by atoms with Crippen LogP contribution in [0.5, 0.6) is 0 Å². The molecule has 0 spiro atoms. The van der Waals surface area contributed by atoms with Gasteiger partial charge in [0.15, 0.2) is 0 Å². The minimum absolute atomic E-state index is 0.182. The first-order valence-corrected chi connectivity index (χ1v) is 8.61. The molecular formula is C18H26FN3O. The van der Waals surface area contributed by atoms with E-state index < -0.39 is 0 Å². The van der Waals surface area contributed by atoms with Crippen molar-refractivity contribution in [2.75, 3.05) is 39.3 Å². The molecule has 2 aliphatic rings. The standard InChI is InChI=1S/C18H26FN3O/c1-14-12-16(15-2-4-17(19)5-3-15)13-22(14)9-6-18(23)21-10-7-20-8-11-21/h2-5,14,16,20H,6-13H2,1H3. The molecule has 23 heavy (non-hydrogen) atoms. The second kappa shape index (κ2) is 7.41. The van der Waals surface area contributed by atoms with E-state index in [1.165, 1.54) is 17.7 Å². The van der Waals surface area contributed by atoms with Crippen molar-refractivity contribution in [1.82, 2.24) is 15.1 Å². The molecule has 0 aromatic heterocycles. The Kier molecular flexibility index (Phi) is 5.28. The van der Waals surface area contributed by atoms with Crippen LogP contribution in [-0.4, -0.2) is 61.0 Å². The van der Waals surface area contributed by atoms with Crippen LogP contribution in [0.15, 0.2) is 24.3 Å². The largest absolute Gasteiger partial charge is 0.340 e. The van der Waals surface area contributed by atoms with Gasteiger partial charge in [0.2, 0.25) is 5.91 Å². The molecule has 3 rings (SSSR count). The first-order valence-electron chi connectivity index (χ1n) is 8.61. The summed E-state index contributed by atoms with van der Waals surface area (Å²) in [4.78, 5) is 16.6. The van der Waals surface area contributed by atoms with E-state index in [1.54, 1.807) is 0 Å². The maximum absolute atomic E-state index is 13.1. The number of hydrogen-bond acceptors (Lipinski definition) is 3. The number of carbonyl (C=O) groups is 1. The topological polar surface area (TPSA) is 35.6 Å². The molecule has 1 amide bonds. The van der Waals surface area contributed by atoms with Crippen LogP contribution in [-0.2, 0) is 4.79 Å². The first-order chi connectivity index (χ1) is 11.1. The van der Waals surface area contributed by atoms with E-state index in [9.17, 15) is 9.18 Å². The average Bonchev–Trinajstić information content (AvgIpc) is 2.95. The molecule has 1 aromatic carbocycles. The Labute approximate surface area is 137 Å². The summed E-state index contributed by atoms with van der Waals surface area (Å²) in [5, 5.41) is 3.27. The number of hydrogen-bond donors (Lipinski definition) is 1. The Bertz CT molecular complexity index is 528. The SMILES string of the molecule is CC1CC(c2ccc(F)cc2)CN1CCC(=O)N1CCNCC1. The first kappa shape index (κ1) is 16.4. The van der Waals surface area contributed by atoms with Gasteiger partial charge >= 0.3 is 0 Å². The molecule has 5 heteroatoms. The van der Waals surface area contributed by atoms with Crippen molar-refractivity contribution in [2.24, 2.45) is 0 Å². The molecule has 2 aliphatic heterocycles. The van der Waals surface area contributed by atoms with Crippen molar-refractivity contribution in [2.45, 2.75) is 31.7 Å². The number of likely N-dealkylation sites (tertiary alicyclic amines) is 1. The van der Waals surface area contributed by atoms with Crippen LogP contribution in [0.3, 0.4) is 0 Å². The van der Waals surface area contributed by atoms with Crippen LogP contribution < -0.4 is 5.32 Å². The number of amides is 1. The molecule has 126 valence electrons. The van der Waals surface area contributed by atoms with Crippen molar-refractivity contribution in [1.29, 1.82) is 0 Å². The summed E-state index contributed by atoms with van der Waals surface area (Å²) in [6, 6.07) is 7.33. The van der Waals surface area contributed by atoms with E-state index in [0.29, 0.717) is 18.4 Å². The highest BCUT2D eigenvalue weighted by Crippen LogP contribution is 2.31. The van der Waals surface area contributed by atoms with Gasteiger partial charge in [-0.2, -0.15) is 0 Å². The second-order valence-corrected chi connectivity index (χ2v) is 6.71. The van der Waals surface area contributed by atoms with Crippen LogP contribution in [0.1, 0.15) is 31.2 Å². The third-order valence-electron chi connectivity index (χ3n) is 5.13. The van der Waals surface area contributed by atoms with E-state index in [0.717, 1.165) is 45.7 Å². The van der Waals surface area contributed by atoms with Crippen LogP contribution >= 0.6 is 0 Å². The molecule has 1 N–H and O–H groups in total. The highest BCUT2D eigenvalue weighted by atomic mass is 19.1. The molecule has 2 heterocycles. The molecule has 2 unspecified atom stereocenters. The highest BCUT2D eigenvalue weighted by molar-refractivity contribution is 5.76. The average molecular weight is 319 g/mol. The number of nitrogens with zero attached hydrogens (tertiary/aromatic N) is 2. The summed E-state index contributed by atoms with van der Waals surface area (Å²) in [6.45, 7) is 7.46. The Balaban J connectivity index is 1.50. The number of carbonyl (C=O) groups excluding carboxylic acids is 1. The van der Waals surface area contributed by atoms with Crippen LogP contribution in [0.25, 0.3) is 0 Å². The highest BCUT2D eigenvalue weighted by Gasteiger charge is 2.30. The lowest BCUT2D eigenvalue weighted by Gasteiger charge is -2.29. The van der Waals surface area contributed by atoms with Gasteiger partial charge in [-0.3, -0.25) is 9.69 Å². The predicted octanol–water partition coefficient (Wildman–Crippen LogP) is 1.83. The molecule has 0 saturated carbocycles. The Morgan fingerprint density at radius 2 is 1.96 bits per heavy atom. The summed E-state index contributed by atoms with van der Waals surface area (Å²) in [6.07, 6.45) is 1.67. The quantitative estimate of drug-likeness (QED) is 0.920. The van der Waals surface area contributed by atoms with Crippen molar-refractivity contribution in [3.05, 3.63) is 35.6 Å². The summed E-state index contributed by atoms with van der Waals surface area (Å²) in [5.41, 5.74) is 1.20. The van der Waals surface area contributed by atoms with Crippen molar-refractivity contribution >= 4 is 5.91 Å². The molecule has 1 aromatic rings. The van der Waals surface area contributed by atoms with Crippen molar-refractivity contribution in [3.63, 3.8) is 0 Å². The van der Waals surface area contributed by atoms with E-state index in [-0.39, 0.29) is 11.7 Å². The molecule has 0 bridgehead atoms. The minimum Gasteiger partial charge on any atom is -0.340 e. The van der Waals surface area contributed by atoms with Gasteiger partial charge in [-0.1, -0.05) is 12.1 Å². The number of nitrogens with one attached hydrogen (secondary N) is 1. The van der Waals surface area contributed by atoms with E-state index in [4.69, 9.17) is 0 Å². The second-order valence-electron chi connectivity index (χ2n) is 6.71. The van der Waals surface area contributed by atoms with E-state index in [1.807, 2.05) is 17.0 Å². The molecule has 4 nitrogen and oxygen atoms in total. The third-order valence-corrected chi connectivity index (χ3v) is 5.13. The summed E-state index contributed by atoms with van der Waals surface area (Å²) < 4.78 is 13.1. The van der Waals surface area contributed by atoms with Crippen molar-refractivity contribution < 1.29 is 9.18 Å². The van der Waals surface area contributed by atoms with Gasteiger partial charge < -0.3 is 10.2 Å². The van der Waals surface area contributed by atoms with Gasteiger partial charge in [0.05, 0.1) is 0 Å². The predicted molar refractivity (Wildman–Crippen MR) is 88.9 cm³/mol. The zero-order chi connectivity index (χ0) is 16.2. The Morgan fingerprint density at radius 1 is 1.26 bits per heavy atom. The molecule has 2 saturated heterocycles. The van der Waals surface area contributed by atoms with Crippen LogP contribution in [0.2, 0.25) is 0 Å². The maximum atomic E-state index is 13.1. The van der Waals surface area contributed by atoms with Crippen LogP contribution in [0, 0.1) is 5.82 Å². The Hall–Kier alpha value is -1.46. The molecule has 2 fully saturated rings. The monoisotopic (exact) mass is 319 g/mol. The number of halogens is 1. The summed E-state index contributed by atoms with van der Waals surface area (Å²) >= 11 is 0. The fourth-order valence-electron chi connectivity index (χ4n) is 3.70. The van der Waals surface area contributed by atoms with Crippen LogP contribution in [0.4, 0.5) is 4.39 Å². The van der Waals surface area contributed by atoms with Gasteiger partial charge in [-0.25, -0.2) is 4.39 Å². The van der Waals surface area contributed by atoms with Gasteiger partial charge in [-0.05, 0) is 37.0 Å². The molecule has 0 radical (unpaired) electrons. The van der Waals surface area contributed by atoms with Gasteiger partial charge in [0, 0.05) is 51.7 Å². The summed E-state index contributed by atoms with van der Waals surface area (Å²) in [5.74, 6) is 0.530. The molecular weight excluding hydrogens is 293 g/mol. The third kappa shape index (κ3) is 4.09. The fourth-order valence-corrected chi connectivity index (χ4v) is 3.70. The lowest BCUT2D eigenvalue weighted by atomic mass is 9.97. The zero-order valence-electron chi connectivity index (χ0n) is 13.8. The minimum atomic E-state index is -0.182. The number of piperazine rings is 1. The van der Waals surface area contributed by atoms with E-state index in [2.05, 4.69) is 17.1 Å².